The molecule has 1 aliphatic rings. The van der Waals surface area contributed by atoms with Gasteiger partial charge in [0.25, 0.3) is 0 Å². The predicted molar refractivity (Wildman–Crippen MR) is 89.1 cm³/mol. The van der Waals surface area contributed by atoms with Crippen LogP contribution in [0.1, 0.15) is 40.0 Å². The Bertz CT molecular complexity index is 582. The third-order valence-corrected chi connectivity index (χ3v) is 3.48. The molecule has 126 valence electrons. The topological polar surface area (TPSA) is 76.7 Å². The summed E-state index contributed by atoms with van der Waals surface area (Å²) in [7, 11) is 0. The zero-order valence-electron chi connectivity index (χ0n) is 13.9. The van der Waals surface area contributed by atoms with Crippen molar-refractivity contribution in [3.8, 4) is 11.5 Å². The summed E-state index contributed by atoms with van der Waals surface area (Å²) >= 11 is 0. The number of carbonyl (C=O) groups excluding carboxylic acids is 2. The molecular weight excluding hydrogens is 296 g/mol. The summed E-state index contributed by atoms with van der Waals surface area (Å²) in [5, 5.41) is 5.70. The highest BCUT2D eigenvalue weighted by Crippen LogP contribution is 2.38. The van der Waals surface area contributed by atoms with Gasteiger partial charge in [-0.2, -0.15) is 0 Å². The van der Waals surface area contributed by atoms with Crippen molar-refractivity contribution in [2.24, 2.45) is 5.92 Å². The van der Waals surface area contributed by atoms with E-state index < -0.39 is 0 Å². The average Bonchev–Trinajstić information content (AvgIpc) is 3.36. The van der Waals surface area contributed by atoms with Crippen molar-refractivity contribution in [3.63, 3.8) is 0 Å². The van der Waals surface area contributed by atoms with Gasteiger partial charge >= 0.3 is 0 Å². The second kappa shape index (κ2) is 7.85. The normalized spacial score (nSPS) is 13.3. The highest BCUT2D eigenvalue weighted by Gasteiger charge is 2.30. The molecule has 0 atom stereocenters. The van der Waals surface area contributed by atoms with Crippen LogP contribution < -0.4 is 20.1 Å². The van der Waals surface area contributed by atoms with Gasteiger partial charge in [0.15, 0.2) is 0 Å². The van der Waals surface area contributed by atoms with Gasteiger partial charge in [0.2, 0.25) is 11.8 Å². The van der Waals surface area contributed by atoms with Gasteiger partial charge in [-0.15, -0.1) is 0 Å². The Hall–Kier alpha value is -2.24. The molecule has 0 heterocycles. The van der Waals surface area contributed by atoms with E-state index in [1.54, 1.807) is 19.1 Å². The molecular formula is C17H24N2O4. The SMILES string of the molecule is CCOc1cc(NC(=O)C2CC2)c(OCC)cc1NC(=O)CC. The molecule has 1 saturated carbocycles. The fourth-order valence-corrected chi connectivity index (χ4v) is 2.12. The Kier molecular flexibility index (Phi) is 5.84. The van der Waals surface area contributed by atoms with Crippen LogP contribution >= 0.6 is 0 Å². The lowest BCUT2D eigenvalue weighted by molar-refractivity contribution is -0.117. The number of hydrogen-bond donors (Lipinski definition) is 2. The van der Waals surface area contributed by atoms with E-state index >= 15 is 0 Å². The minimum atomic E-state index is -0.108. The van der Waals surface area contributed by atoms with Crippen LogP contribution in [-0.2, 0) is 9.59 Å². The van der Waals surface area contributed by atoms with Crippen molar-refractivity contribution in [3.05, 3.63) is 12.1 Å². The molecule has 1 aromatic rings. The summed E-state index contributed by atoms with van der Waals surface area (Å²) in [6.45, 7) is 6.43. The fraction of sp³-hybridized carbons (Fsp3) is 0.529. The lowest BCUT2D eigenvalue weighted by atomic mass is 10.2. The van der Waals surface area contributed by atoms with Crippen LogP contribution in [0.4, 0.5) is 11.4 Å². The zero-order valence-corrected chi connectivity index (χ0v) is 13.9. The van der Waals surface area contributed by atoms with Crippen molar-refractivity contribution < 1.29 is 19.1 Å². The maximum atomic E-state index is 12.0. The molecule has 0 spiro atoms. The Morgan fingerprint density at radius 1 is 1.00 bits per heavy atom. The van der Waals surface area contributed by atoms with Crippen LogP contribution in [-0.4, -0.2) is 25.0 Å². The van der Waals surface area contributed by atoms with Crippen LogP contribution in [0.2, 0.25) is 0 Å². The summed E-state index contributed by atoms with van der Waals surface area (Å²) in [5.41, 5.74) is 1.12. The summed E-state index contributed by atoms with van der Waals surface area (Å²) in [5.74, 6) is 1.03. The molecule has 0 bridgehead atoms. The number of ether oxygens (including phenoxy) is 2. The molecule has 6 nitrogen and oxygen atoms in total. The molecule has 2 rings (SSSR count). The Morgan fingerprint density at radius 2 is 1.52 bits per heavy atom. The highest BCUT2D eigenvalue weighted by atomic mass is 16.5. The summed E-state index contributed by atoms with van der Waals surface area (Å²) in [4.78, 5) is 23.7. The Balaban J connectivity index is 2.32. The van der Waals surface area contributed by atoms with Gasteiger partial charge in [-0.1, -0.05) is 6.92 Å². The molecule has 0 saturated heterocycles. The number of rotatable bonds is 8. The first-order valence-electron chi connectivity index (χ1n) is 8.13. The third-order valence-electron chi connectivity index (χ3n) is 3.48. The van der Waals surface area contributed by atoms with Crippen molar-refractivity contribution >= 4 is 23.2 Å². The summed E-state index contributed by atoms with van der Waals surface area (Å²) in [6.07, 6.45) is 2.23. The summed E-state index contributed by atoms with van der Waals surface area (Å²) < 4.78 is 11.2. The summed E-state index contributed by atoms with van der Waals surface area (Å²) in [6, 6.07) is 3.41. The van der Waals surface area contributed by atoms with Crippen LogP contribution in [0.15, 0.2) is 12.1 Å². The molecule has 0 aromatic heterocycles. The minimum absolute atomic E-state index is 0.00116. The van der Waals surface area contributed by atoms with E-state index in [1.165, 1.54) is 0 Å². The average molecular weight is 320 g/mol. The molecule has 2 N–H and O–H groups in total. The van der Waals surface area contributed by atoms with Gasteiger partial charge in [-0.25, -0.2) is 0 Å². The van der Waals surface area contributed by atoms with E-state index in [0.29, 0.717) is 42.5 Å². The fourth-order valence-electron chi connectivity index (χ4n) is 2.12. The first kappa shape index (κ1) is 17.1. The molecule has 1 aromatic carbocycles. The highest BCUT2D eigenvalue weighted by molar-refractivity contribution is 5.97. The number of hydrogen-bond acceptors (Lipinski definition) is 4. The molecule has 2 amide bonds. The van der Waals surface area contributed by atoms with Crippen molar-refractivity contribution in [2.75, 3.05) is 23.8 Å². The molecule has 1 aliphatic carbocycles. The van der Waals surface area contributed by atoms with E-state index in [9.17, 15) is 9.59 Å². The third kappa shape index (κ3) is 4.61. The lowest BCUT2D eigenvalue weighted by Gasteiger charge is -2.17. The van der Waals surface area contributed by atoms with E-state index in [0.717, 1.165) is 12.8 Å². The maximum absolute atomic E-state index is 12.0. The first-order valence-corrected chi connectivity index (χ1v) is 8.13. The predicted octanol–water partition coefficient (Wildman–Crippen LogP) is 3.18. The first-order chi connectivity index (χ1) is 11.1. The lowest BCUT2D eigenvalue weighted by Crippen LogP contribution is -2.16. The molecule has 6 heteroatoms. The van der Waals surface area contributed by atoms with Gasteiger partial charge in [0.05, 0.1) is 24.6 Å². The second-order valence-electron chi connectivity index (χ2n) is 5.38. The smallest absolute Gasteiger partial charge is 0.227 e. The number of amides is 2. The van der Waals surface area contributed by atoms with Gasteiger partial charge < -0.3 is 20.1 Å². The van der Waals surface area contributed by atoms with Crippen molar-refractivity contribution in [1.82, 2.24) is 0 Å². The van der Waals surface area contributed by atoms with Gasteiger partial charge in [-0.05, 0) is 26.7 Å². The second-order valence-corrected chi connectivity index (χ2v) is 5.38. The van der Waals surface area contributed by atoms with Crippen LogP contribution in [0, 0.1) is 5.92 Å². The quantitative estimate of drug-likeness (QED) is 0.771. The molecule has 0 aliphatic heterocycles. The van der Waals surface area contributed by atoms with E-state index in [2.05, 4.69) is 10.6 Å². The molecule has 1 fully saturated rings. The molecule has 23 heavy (non-hydrogen) atoms. The van der Waals surface area contributed by atoms with Crippen LogP contribution in [0.3, 0.4) is 0 Å². The number of benzene rings is 1. The largest absolute Gasteiger partial charge is 0.492 e. The molecule has 0 radical (unpaired) electrons. The van der Waals surface area contributed by atoms with Crippen LogP contribution in [0.5, 0.6) is 11.5 Å². The minimum Gasteiger partial charge on any atom is -0.492 e. The van der Waals surface area contributed by atoms with E-state index in [-0.39, 0.29) is 17.7 Å². The van der Waals surface area contributed by atoms with Gasteiger partial charge in [0.1, 0.15) is 11.5 Å². The van der Waals surface area contributed by atoms with Gasteiger partial charge in [0, 0.05) is 24.5 Å². The van der Waals surface area contributed by atoms with Crippen molar-refractivity contribution in [2.45, 2.75) is 40.0 Å². The maximum Gasteiger partial charge on any atom is 0.227 e. The number of anilines is 2. The van der Waals surface area contributed by atoms with E-state index in [1.807, 2.05) is 13.8 Å². The van der Waals surface area contributed by atoms with E-state index in [4.69, 9.17) is 9.47 Å². The Morgan fingerprint density at radius 3 is 1.96 bits per heavy atom. The number of nitrogens with one attached hydrogen (secondary N) is 2. The zero-order chi connectivity index (χ0) is 16.8. The van der Waals surface area contributed by atoms with Crippen molar-refractivity contribution in [1.29, 1.82) is 0 Å². The van der Waals surface area contributed by atoms with Gasteiger partial charge in [-0.3, -0.25) is 9.59 Å². The standard InChI is InChI=1S/C17H24N2O4/c1-4-16(20)18-12-9-15(23-6-3)13(10-14(12)22-5-2)19-17(21)11-7-8-11/h9-11H,4-8H2,1-3H3,(H,18,20)(H,19,21). The molecule has 0 unspecified atom stereocenters. The monoisotopic (exact) mass is 320 g/mol. The number of carbonyl (C=O) groups is 2. The van der Waals surface area contributed by atoms with Crippen LogP contribution in [0.25, 0.3) is 0 Å². The Labute approximate surface area is 136 Å².